The van der Waals surface area contributed by atoms with E-state index in [1.54, 1.807) is 18.2 Å². The topological polar surface area (TPSA) is 54.0 Å². The predicted molar refractivity (Wildman–Crippen MR) is 127 cm³/mol. The second-order valence-corrected chi connectivity index (χ2v) is 8.47. The third-order valence-electron chi connectivity index (χ3n) is 4.19. The van der Waals surface area contributed by atoms with Crippen molar-refractivity contribution in [1.82, 2.24) is 4.98 Å². The lowest BCUT2D eigenvalue weighted by Gasteiger charge is -2.08. The summed E-state index contributed by atoms with van der Waals surface area (Å²) in [6.07, 6.45) is 0. The lowest BCUT2D eigenvalue weighted by Crippen LogP contribution is -2.12. The van der Waals surface area contributed by atoms with Crippen LogP contribution in [0.15, 0.2) is 72.1 Å². The van der Waals surface area contributed by atoms with Crippen LogP contribution in [0, 0.1) is 0 Å². The first-order valence-electron chi connectivity index (χ1n) is 8.83. The molecule has 1 amide bonds. The zero-order chi connectivity index (χ0) is 21.1. The number of rotatable bonds is 5. The van der Waals surface area contributed by atoms with Crippen molar-refractivity contribution in [2.75, 3.05) is 10.6 Å². The third kappa shape index (κ3) is 4.94. The predicted octanol–water partition coefficient (Wildman–Crippen LogP) is 7.77. The Morgan fingerprint density at radius 1 is 0.867 bits per heavy atom. The highest BCUT2D eigenvalue weighted by Gasteiger charge is 2.11. The number of nitrogens with one attached hydrogen (secondary N) is 2. The molecule has 2 N–H and O–H groups in total. The van der Waals surface area contributed by atoms with Gasteiger partial charge in [-0.25, -0.2) is 4.98 Å². The van der Waals surface area contributed by atoms with Gasteiger partial charge in [0.25, 0.3) is 5.91 Å². The molecule has 3 aromatic carbocycles. The molecular weight excluding hydrogens is 461 g/mol. The van der Waals surface area contributed by atoms with Gasteiger partial charge in [0.05, 0.1) is 16.3 Å². The van der Waals surface area contributed by atoms with E-state index < -0.39 is 0 Å². The molecule has 0 atom stereocenters. The Hall–Kier alpha value is -2.57. The lowest BCUT2D eigenvalue weighted by molar-refractivity contribution is 0.102. The van der Waals surface area contributed by atoms with Gasteiger partial charge in [0.2, 0.25) is 0 Å². The zero-order valence-electron chi connectivity index (χ0n) is 15.3. The monoisotopic (exact) mass is 473 g/mol. The second kappa shape index (κ2) is 9.06. The van der Waals surface area contributed by atoms with Gasteiger partial charge in [0.15, 0.2) is 5.13 Å². The molecule has 0 radical (unpaired) electrons. The van der Waals surface area contributed by atoms with Crippen molar-refractivity contribution in [1.29, 1.82) is 0 Å². The van der Waals surface area contributed by atoms with Crippen molar-refractivity contribution in [3.8, 4) is 11.3 Å². The van der Waals surface area contributed by atoms with Crippen LogP contribution in [0.2, 0.25) is 15.1 Å². The molecule has 30 heavy (non-hydrogen) atoms. The fourth-order valence-corrected chi connectivity index (χ4v) is 4.17. The molecule has 0 saturated carbocycles. The van der Waals surface area contributed by atoms with Crippen LogP contribution in [0.3, 0.4) is 0 Å². The number of hydrogen-bond acceptors (Lipinski definition) is 4. The summed E-state index contributed by atoms with van der Waals surface area (Å²) < 4.78 is 0. The highest BCUT2D eigenvalue weighted by atomic mass is 35.5. The van der Waals surface area contributed by atoms with Gasteiger partial charge in [0, 0.05) is 32.4 Å². The van der Waals surface area contributed by atoms with Gasteiger partial charge in [-0.15, -0.1) is 11.3 Å². The Morgan fingerprint density at radius 3 is 2.37 bits per heavy atom. The first-order chi connectivity index (χ1) is 14.5. The van der Waals surface area contributed by atoms with Crippen molar-refractivity contribution in [3.05, 3.63) is 92.7 Å². The maximum Gasteiger partial charge on any atom is 0.257 e. The Labute approximate surface area is 192 Å². The largest absolute Gasteiger partial charge is 0.331 e. The number of hydrogen-bond donors (Lipinski definition) is 2. The van der Waals surface area contributed by atoms with E-state index in [-0.39, 0.29) is 5.91 Å². The minimum Gasteiger partial charge on any atom is -0.331 e. The Kier molecular flexibility index (Phi) is 6.25. The first kappa shape index (κ1) is 20.7. The number of anilines is 3. The highest BCUT2D eigenvalue weighted by molar-refractivity contribution is 7.14. The number of carbonyl (C=O) groups excluding carboxylic acids is 1. The zero-order valence-corrected chi connectivity index (χ0v) is 18.4. The molecule has 4 nitrogen and oxygen atoms in total. The van der Waals surface area contributed by atoms with E-state index in [1.165, 1.54) is 11.3 Å². The summed E-state index contributed by atoms with van der Waals surface area (Å²) in [5, 5.41) is 10.3. The smallest absolute Gasteiger partial charge is 0.257 e. The molecule has 1 heterocycles. The molecule has 1 aromatic heterocycles. The molecule has 8 heteroatoms. The van der Waals surface area contributed by atoms with Gasteiger partial charge in [-0.3, -0.25) is 4.79 Å². The van der Waals surface area contributed by atoms with Gasteiger partial charge in [-0.05, 0) is 48.5 Å². The molecule has 4 rings (SSSR count). The molecule has 0 aliphatic heterocycles. The van der Waals surface area contributed by atoms with Crippen molar-refractivity contribution in [2.24, 2.45) is 0 Å². The molecule has 0 aliphatic rings. The van der Waals surface area contributed by atoms with Gasteiger partial charge < -0.3 is 10.6 Å². The molecule has 0 bridgehead atoms. The molecule has 0 saturated heterocycles. The molecule has 0 aliphatic carbocycles. The summed E-state index contributed by atoms with van der Waals surface area (Å²) in [6, 6.07) is 19.7. The number of amides is 1. The van der Waals surface area contributed by atoms with Crippen LogP contribution >= 0.6 is 46.1 Å². The van der Waals surface area contributed by atoms with Crippen molar-refractivity contribution in [2.45, 2.75) is 0 Å². The molecule has 4 aromatic rings. The summed E-state index contributed by atoms with van der Waals surface area (Å²) >= 11 is 19.5. The molecule has 0 unspecified atom stereocenters. The van der Waals surface area contributed by atoms with E-state index in [2.05, 4.69) is 15.6 Å². The highest BCUT2D eigenvalue weighted by Crippen LogP contribution is 2.29. The van der Waals surface area contributed by atoms with Crippen molar-refractivity contribution < 1.29 is 4.79 Å². The normalized spacial score (nSPS) is 10.6. The van der Waals surface area contributed by atoms with E-state index in [0.29, 0.717) is 26.3 Å². The van der Waals surface area contributed by atoms with Crippen LogP contribution < -0.4 is 10.6 Å². The molecule has 150 valence electrons. The molecule has 0 spiro atoms. The number of benzene rings is 3. The Morgan fingerprint density at radius 2 is 1.63 bits per heavy atom. The summed E-state index contributed by atoms with van der Waals surface area (Å²) in [6.45, 7) is 0. The second-order valence-electron chi connectivity index (χ2n) is 6.33. The summed E-state index contributed by atoms with van der Waals surface area (Å²) in [5.74, 6) is -0.300. The average Bonchev–Trinajstić information content (AvgIpc) is 3.17. The first-order valence-corrected chi connectivity index (χ1v) is 10.8. The van der Waals surface area contributed by atoms with E-state index in [0.717, 1.165) is 22.1 Å². The third-order valence-corrected chi connectivity index (χ3v) is 5.73. The van der Waals surface area contributed by atoms with Crippen LogP contribution in [-0.2, 0) is 0 Å². The van der Waals surface area contributed by atoms with Gasteiger partial charge >= 0.3 is 0 Å². The number of aromatic nitrogens is 1. The van der Waals surface area contributed by atoms with Crippen LogP contribution in [0.4, 0.5) is 16.5 Å². The maximum absolute atomic E-state index is 12.4. The number of carbonyl (C=O) groups is 1. The van der Waals surface area contributed by atoms with E-state index >= 15 is 0 Å². The van der Waals surface area contributed by atoms with E-state index in [1.807, 2.05) is 53.9 Å². The minimum atomic E-state index is -0.300. The van der Waals surface area contributed by atoms with Crippen LogP contribution in [-0.4, -0.2) is 10.9 Å². The summed E-state index contributed by atoms with van der Waals surface area (Å²) in [7, 11) is 0. The van der Waals surface area contributed by atoms with E-state index in [9.17, 15) is 4.79 Å². The van der Waals surface area contributed by atoms with Gasteiger partial charge in [-0.2, -0.15) is 0 Å². The fraction of sp³-hybridized carbons (Fsp3) is 0. The van der Waals surface area contributed by atoms with Crippen molar-refractivity contribution in [3.63, 3.8) is 0 Å². The Bertz CT molecular complexity index is 1210. The lowest BCUT2D eigenvalue weighted by atomic mass is 10.1. The minimum absolute atomic E-state index is 0.300. The fourth-order valence-electron chi connectivity index (χ4n) is 2.75. The SMILES string of the molecule is O=C(Nc1ccc(-c2csc(Nc3cccc(Cl)c3)n2)cc1)c1ccc(Cl)cc1Cl. The van der Waals surface area contributed by atoms with Crippen molar-refractivity contribution >= 4 is 68.6 Å². The molecular formula is C22H14Cl3N3OS. The quantitative estimate of drug-likeness (QED) is 0.311. The number of thiazole rings is 1. The number of halogens is 3. The van der Waals surface area contributed by atoms with Crippen LogP contribution in [0.1, 0.15) is 10.4 Å². The Balaban J connectivity index is 1.45. The van der Waals surface area contributed by atoms with Crippen LogP contribution in [0.25, 0.3) is 11.3 Å². The summed E-state index contributed by atoms with van der Waals surface area (Å²) in [4.78, 5) is 17.0. The maximum atomic E-state index is 12.4. The van der Waals surface area contributed by atoms with E-state index in [4.69, 9.17) is 34.8 Å². The van der Waals surface area contributed by atoms with Crippen LogP contribution in [0.5, 0.6) is 0 Å². The van der Waals surface area contributed by atoms with Gasteiger partial charge in [0.1, 0.15) is 0 Å². The molecule has 0 fully saturated rings. The summed E-state index contributed by atoms with van der Waals surface area (Å²) in [5.41, 5.74) is 3.67. The standard InChI is InChI=1S/C22H14Cl3N3OS/c23-14-2-1-3-17(10-14)27-22-28-20(12-30-22)13-4-7-16(8-5-13)26-21(29)18-9-6-15(24)11-19(18)25/h1-12H,(H,26,29)(H,27,28). The number of nitrogens with zero attached hydrogens (tertiary/aromatic N) is 1. The average molecular weight is 475 g/mol. The van der Waals surface area contributed by atoms with Gasteiger partial charge in [-0.1, -0.05) is 53.0 Å².